The summed E-state index contributed by atoms with van der Waals surface area (Å²) in [5, 5.41) is 0. The maximum Gasteiger partial charge on any atom is 0.241 e. The van der Waals surface area contributed by atoms with Crippen LogP contribution >= 0.6 is 15.9 Å². The van der Waals surface area contributed by atoms with E-state index in [1.807, 2.05) is 24.3 Å². The molecule has 1 amide bonds. The first kappa shape index (κ1) is 14.2. The minimum absolute atomic E-state index is 0.119. The molecule has 5 heteroatoms. The summed E-state index contributed by atoms with van der Waals surface area (Å²) in [4.78, 5) is 13.4. The van der Waals surface area contributed by atoms with Crippen LogP contribution in [-0.4, -0.2) is 37.6 Å². The number of amides is 1. The largest absolute Gasteiger partial charge is 0.383 e. The highest BCUT2D eigenvalue weighted by atomic mass is 79.9. The Morgan fingerprint density at radius 2 is 2.29 bits per heavy atom. The number of methoxy groups -OCH3 is 1. The van der Waals surface area contributed by atoms with Gasteiger partial charge in [0.15, 0.2) is 0 Å². The summed E-state index contributed by atoms with van der Waals surface area (Å²) in [6.07, 6.45) is 0. The third-order valence-corrected chi connectivity index (χ3v) is 2.84. The van der Waals surface area contributed by atoms with Crippen LogP contribution in [0.2, 0.25) is 0 Å². The Morgan fingerprint density at radius 1 is 1.59 bits per heavy atom. The van der Waals surface area contributed by atoms with E-state index in [9.17, 15) is 4.79 Å². The third-order valence-electron chi connectivity index (χ3n) is 2.35. The molecule has 17 heavy (non-hydrogen) atoms. The summed E-state index contributed by atoms with van der Waals surface area (Å²) in [6.45, 7) is 0.775. The average molecular weight is 301 g/mol. The van der Waals surface area contributed by atoms with E-state index in [4.69, 9.17) is 10.5 Å². The highest BCUT2D eigenvalue weighted by molar-refractivity contribution is 9.10. The van der Waals surface area contributed by atoms with Gasteiger partial charge in [0.2, 0.25) is 5.91 Å². The molecule has 0 bridgehead atoms. The zero-order valence-electron chi connectivity index (χ0n) is 10.0. The molecule has 0 aliphatic carbocycles. The van der Waals surface area contributed by atoms with Crippen molar-refractivity contribution in [2.24, 2.45) is 5.73 Å². The predicted octanol–water partition coefficient (Wildman–Crippen LogP) is 1.38. The van der Waals surface area contributed by atoms with Gasteiger partial charge in [-0.3, -0.25) is 4.79 Å². The van der Waals surface area contributed by atoms with E-state index in [2.05, 4.69) is 15.9 Å². The molecule has 2 N–H and O–H groups in total. The van der Waals surface area contributed by atoms with Crippen LogP contribution in [0.15, 0.2) is 28.7 Å². The van der Waals surface area contributed by atoms with Crippen molar-refractivity contribution in [1.82, 2.24) is 4.90 Å². The van der Waals surface area contributed by atoms with Crippen LogP contribution < -0.4 is 5.73 Å². The molecule has 1 atom stereocenters. The van der Waals surface area contributed by atoms with Gasteiger partial charge in [-0.25, -0.2) is 0 Å². The first-order valence-corrected chi connectivity index (χ1v) is 6.08. The second-order valence-electron chi connectivity index (χ2n) is 3.89. The summed E-state index contributed by atoms with van der Waals surface area (Å²) in [5.41, 5.74) is 6.74. The minimum atomic E-state index is -0.600. The van der Waals surface area contributed by atoms with E-state index >= 15 is 0 Å². The van der Waals surface area contributed by atoms with E-state index < -0.39 is 6.04 Å². The molecule has 0 heterocycles. The Balaban J connectivity index is 2.59. The van der Waals surface area contributed by atoms with Crippen LogP contribution in [0.25, 0.3) is 0 Å². The van der Waals surface area contributed by atoms with Crippen LogP contribution in [0.1, 0.15) is 5.56 Å². The van der Waals surface area contributed by atoms with E-state index in [0.717, 1.165) is 10.0 Å². The molecule has 0 fully saturated rings. The molecule has 1 unspecified atom stereocenters. The number of halogens is 1. The minimum Gasteiger partial charge on any atom is -0.383 e. The van der Waals surface area contributed by atoms with Crippen molar-refractivity contribution < 1.29 is 9.53 Å². The summed E-state index contributed by atoms with van der Waals surface area (Å²) in [6, 6.07) is 7.23. The van der Waals surface area contributed by atoms with Crippen molar-refractivity contribution in [2.75, 3.05) is 20.8 Å². The molecule has 1 rings (SSSR count). The number of benzene rings is 1. The smallest absolute Gasteiger partial charge is 0.241 e. The standard InChI is InChI=1S/C12H17BrN2O2/c1-15(12(16)11(14)8-17-2)7-9-4-3-5-10(13)6-9/h3-6,11H,7-8,14H2,1-2H3. The Morgan fingerprint density at radius 3 is 2.88 bits per heavy atom. The summed E-state index contributed by atoms with van der Waals surface area (Å²) >= 11 is 3.39. The van der Waals surface area contributed by atoms with Crippen molar-refractivity contribution in [1.29, 1.82) is 0 Å². The Kier molecular flexibility index (Phi) is 5.61. The fourth-order valence-electron chi connectivity index (χ4n) is 1.52. The van der Waals surface area contributed by atoms with E-state index in [0.29, 0.717) is 6.54 Å². The normalized spacial score (nSPS) is 12.2. The lowest BCUT2D eigenvalue weighted by Gasteiger charge is -2.21. The van der Waals surface area contributed by atoms with Gasteiger partial charge in [-0.2, -0.15) is 0 Å². The Labute approximate surface area is 110 Å². The van der Waals surface area contributed by atoms with Gasteiger partial charge in [0.05, 0.1) is 6.61 Å². The van der Waals surface area contributed by atoms with Crippen LogP contribution in [0, 0.1) is 0 Å². The Bertz CT molecular complexity index is 385. The molecule has 0 saturated carbocycles. The van der Waals surface area contributed by atoms with Gasteiger partial charge in [-0.15, -0.1) is 0 Å². The number of carbonyl (C=O) groups is 1. The van der Waals surface area contributed by atoms with Gasteiger partial charge < -0.3 is 15.4 Å². The maximum absolute atomic E-state index is 11.8. The fourth-order valence-corrected chi connectivity index (χ4v) is 1.97. The monoisotopic (exact) mass is 300 g/mol. The second-order valence-corrected chi connectivity index (χ2v) is 4.80. The van der Waals surface area contributed by atoms with Gasteiger partial charge in [0.25, 0.3) is 0 Å². The number of nitrogens with two attached hydrogens (primary N) is 1. The predicted molar refractivity (Wildman–Crippen MR) is 70.5 cm³/mol. The first-order valence-electron chi connectivity index (χ1n) is 5.28. The third kappa shape index (κ3) is 4.46. The lowest BCUT2D eigenvalue weighted by molar-refractivity contribution is -0.132. The topological polar surface area (TPSA) is 55.6 Å². The van der Waals surface area contributed by atoms with Crippen molar-refractivity contribution in [3.63, 3.8) is 0 Å². The molecular weight excluding hydrogens is 284 g/mol. The number of rotatable bonds is 5. The molecule has 1 aromatic rings. The number of hydrogen-bond donors (Lipinski definition) is 1. The Hall–Kier alpha value is -0.910. The first-order chi connectivity index (χ1) is 8.04. The molecule has 4 nitrogen and oxygen atoms in total. The van der Waals surface area contributed by atoms with Crippen molar-refractivity contribution in [3.05, 3.63) is 34.3 Å². The molecule has 0 spiro atoms. The molecule has 0 aliphatic heterocycles. The fraction of sp³-hybridized carbons (Fsp3) is 0.417. The highest BCUT2D eigenvalue weighted by Gasteiger charge is 2.17. The van der Waals surface area contributed by atoms with Crippen LogP contribution in [-0.2, 0) is 16.1 Å². The summed E-state index contributed by atoms with van der Waals surface area (Å²) in [7, 11) is 3.26. The zero-order valence-corrected chi connectivity index (χ0v) is 11.6. The SMILES string of the molecule is COCC(N)C(=O)N(C)Cc1cccc(Br)c1. The number of nitrogens with zero attached hydrogens (tertiary/aromatic N) is 1. The average Bonchev–Trinajstić information content (AvgIpc) is 2.28. The van der Waals surface area contributed by atoms with Gasteiger partial charge in [-0.1, -0.05) is 28.1 Å². The molecule has 0 aromatic heterocycles. The number of hydrogen-bond acceptors (Lipinski definition) is 3. The number of ether oxygens (including phenoxy) is 1. The number of likely N-dealkylation sites (N-methyl/N-ethyl adjacent to an activating group) is 1. The van der Waals surface area contributed by atoms with Gasteiger partial charge in [0.1, 0.15) is 6.04 Å². The van der Waals surface area contributed by atoms with Crippen molar-refractivity contribution >= 4 is 21.8 Å². The van der Waals surface area contributed by atoms with E-state index in [1.54, 1.807) is 11.9 Å². The highest BCUT2D eigenvalue weighted by Crippen LogP contribution is 2.13. The van der Waals surface area contributed by atoms with Crippen molar-refractivity contribution in [3.8, 4) is 0 Å². The lowest BCUT2D eigenvalue weighted by Crippen LogP contribution is -2.44. The lowest BCUT2D eigenvalue weighted by atomic mass is 10.2. The molecule has 0 aliphatic rings. The quantitative estimate of drug-likeness (QED) is 0.894. The van der Waals surface area contributed by atoms with Crippen LogP contribution in [0.5, 0.6) is 0 Å². The van der Waals surface area contributed by atoms with Crippen LogP contribution in [0.3, 0.4) is 0 Å². The summed E-state index contributed by atoms with van der Waals surface area (Å²) in [5.74, 6) is -0.119. The van der Waals surface area contributed by atoms with Gasteiger partial charge in [0, 0.05) is 25.2 Å². The molecule has 94 valence electrons. The molecule has 0 radical (unpaired) electrons. The van der Waals surface area contributed by atoms with Gasteiger partial charge in [-0.05, 0) is 17.7 Å². The molecular formula is C12H17BrN2O2. The maximum atomic E-state index is 11.8. The van der Waals surface area contributed by atoms with E-state index in [-0.39, 0.29) is 12.5 Å². The van der Waals surface area contributed by atoms with E-state index in [1.165, 1.54) is 7.11 Å². The van der Waals surface area contributed by atoms with Crippen molar-refractivity contribution in [2.45, 2.75) is 12.6 Å². The van der Waals surface area contributed by atoms with Gasteiger partial charge >= 0.3 is 0 Å². The summed E-state index contributed by atoms with van der Waals surface area (Å²) < 4.78 is 5.86. The number of carbonyl (C=O) groups excluding carboxylic acids is 1. The van der Waals surface area contributed by atoms with Crippen LogP contribution in [0.4, 0.5) is 0 Å². The second kappa shape index (κ2) is 6.74. The molecule has 1 aromatic carbocycles. The zero-order chi connectivity index (χ0) is 12.8. The molecule has 0 saturated heterocycles.